The van der Waals surface area contributed by atoms with Crippen molar-refractivity contribution in [1.82, 2.24) is 16.0 Å². The van der Waals surface area contributed by atoms with Crippen molar-refractivity contribution in [3.8, 4) is 0 Å². The van der Waals surface area contributed by atoms with E-state index in [1.807, 2.05) is 0 Å². The van der Waals surface area contributed by atoms with E-state index in [2.05, 4.69) is 16.0 Å². The molecule has 26 heavy (non-hydrogen) atoms. The second-order valence-electron chi connectivity index (χ2n) is 6.69. The van der Waals surface area contributed by atoms with Gasteiger partial charge in [0.25, 0.3) is 0 Å². The molecule has 0 bridgehead atoms. The molecule has 0 fully saturated rings. The molecule has 0 saturated heterocycles. The molecule has 0 aliphatic rings. The van der Waals surface area contributed by atoms with Crippen LogP contribution in [-0.4, -0.2) is 43.1 Å². The van der Waals surface area contributed by atoms with Gasteiger partial charge in [-0.1, -0.05) is 12.1 Å². The predicted molar refractivity (Wildman–Crippen MR) is 95.0 cm³/mol. The van der Waals surface area contributed by atoms with Crippen molar-refractivity contribution in [1.29, 1.82) is 0 Å². The van der Waals surface area contributed by atoms with Crippen molar-refractivity contribution in [3.63, 3.8) is 0 Å². The maximum atomic E-state index is 13.0. The minimum absolute atomic E-state index is 0.0749. The van der Waals surface area contributed by atoms with E-state index < -0.39 is 11.7 Å². The van der Waals surface area contributed by atoms with E-state index in [9.17, 15) is 18.8 Å². The Morgan fingerprint density at radius 3 is 2.27 bits per heavy atom. The topological polar surface area (TPSA) is 96.5 Å². The zero-order chi connectivity index (χ0) is 19.6. The van der Waals surface area contributed by atoms with Crippen molar-refractivity contribution >= 4 is 17.9 Å². The Bertz CT molecular complexity index is 629. The lowest BCUT2D eigenvalue weighted by Gasteiger charge is -2.19. The largest absolute Gasteiger partial charge is 0.444 e. The van der Waals surface area contributed by atoms with Gasteiger partial charge in [0.1, 0.15) is 11.4 Å². The lowest BCUT2D eigenvalue weighted by atomic mass is 10.1. The van der Waals surface area contributed by atoms with Crippen LogP contribution in [0.5, 0.6) is 0 Å². The normalized spacial score (nSPS) is 10.8. The quantitative estimate of drug-likeness (QED) is 0.607. The minimum atomic E-state index is -0.587. The summed E-state index contributed by atoms with van der Waals surface area (Å²) in [4.78, 5) is 34.8. The van der Waals surface area contributed by atoms with Crippen LogP contribution in [0, 0.1) is 5.82 Å². The fourth-order valence-corrected chi connectivity index (χ4v) is 1.98. The highest BCUT2D eigenvalue weighted by Crippen LogP contribution is 2.06. The highest BCUT2D eigenvalue weighted by atomic mass is 19.1. The molecule has 1 aromatic rings. The SMILES string of the molecule is CC(C)(C)OC(=O)NCCC(=O)NCCNC(=O)Cc1cccc(F)c1. The zero-order valence-corrected chi connectivity index (χ0v) is 15.4. The number of ether oxygens (including phenoxy) is 1. The molecular weight excluding hydrogens is 341 g/mol. The molecule has 0 atom stereocenters. The van der Waals surface area contributed by atoms with Gasteiger partial charge in [-0.15, -0.1) is 0 Å². The Morgan fingerprint density at radius 2 is 1.65 bits per heavy atom. The van der Waals surface area contributed by atoms with E-state index >= 15 is 0 Å². The summed E-state index contributed by atoms with van der Waals surface area (Å²) in [5.41, 5.74) is -0.00413. The molecule has 0 aromatic heterocycles. The molecule has 3 amide bonds. The van der Waals surface area contributed by atoms with Gasteiger partial charge < -0.3 is 20.7 Å². The third-order valence-electron chi connectivity index (χ3n) is 3.04. The van der Waals surface area contributed by atoms with Crippen LogP contribution >= 0.6 is 0 Å². The molecule has 3 N–H and O–H groups in total. The number of halogens is 1. The molecule has 8 heteroatoms. The highest BCUT2D eigenvalue weighted by molar-refractivity contribution is 5.79. The van der Waals surface area contributed by atoms with Crippen LogP contribution in [0.4, 0.5) is 9.18 Å². The van der Waals surface area contributed by atoms with Crippen LogP contribution in [-0.2, 0) is 20.7 Å². The number of rotatable bonds is 8. The molecule has 0 unspecified atom stereocenters. The Hall–Kier alpha value is -2.64. The summed E-state index contributed by atoms with van der Waals surface area (Å²) in [5.74, 6) is -0.889. The van der Waals surface area contributed by atoms with Crippen LogP contribution in [0.25, 0.3) is 0 Å². The van der Waals surface area contributed by atoms with E-state index in [4.69, 9.17) is 4.74 Å². The van der Waals surface area contributed by atoms with Gasteiger partial charge in [0.05, 0.1) is 6.42 Å². The summed E-state index contributed by atoms with van der Waals surface area (Å²) >= 11 is 0. The number of amides is 3. The van der Waals surface area contributed by atoms with Gasteiger partial charge in [-0.25, -0.2) is 9.18 Å². The molecule has 1 aromatic carbocycles. The number of hydrogen-bond donors (Lipinski definition) is 3. The van der Waals surface area contributed by atoms with Crippen LogP contribution in [0.15, 0.2) is 24.3 Å². The summed E-state index contributed by atoms with van der Waals surface area (Å²) in [7, 11) is 0. The molecule has 0 saturated carbocycles. The van der Waals surface area contributed by atoms with E-state index in [-0.39, 0.29) is 50.1 Å². The van der Waals surface area contributed by atoms with Crippen LogP contribution in [0.1, 0.15) is 32.8 Å². The number of alkyl carbamates (subject to hydrolysis) is 1. The van der Waals surface area contributed by atoms with Crippen LogP contribution < -0.4 is 16.0 Å². The molecule has 144 valence electrons. The lowest BCUT2D eigenvalue weighted by molar-refractivity contribution is -0.122. The third kappa shape index (κ3) is 10.3. The number of benzene rings is 1. The predicted octanol–water partition coefficient (Wildman–Crippen LogP) is 1.52. The summed E-state index contributed by atoms with van der Waals surface area (Å²) < 4.78 is 18.1. The van der Waals surface area contributed by atoms with Crippen molar-refractivity contribution in [2.24, 2.45) is 0 Å². The van der Waals surface area contributed by atoms with Gasteiger partial charge in [-0.2, -0.15) is 0 Å². The maximum absolute atomic E-state index is 13.0. The van der Waals surface area contributed by atoms with Crippen molar-refractivity contribution < 1.29 is 23.5 Å². The van der Waals surface area contributed by atoms with E-state index in [0.717, 1.165) is 0 Å². The summed E-state index contributed by atoms with van der Waals surface area (Å²) in [6, 6.07) is 5.83. The Kier molecular flexibility index (Phi) is 8.54. The van der Waals surface area contributed by atoms with E-state index in [1.165, 1.54) is 12.1 Å². The summed E-state index contributed by atoms with van der Waals surface area (Å²) in [6.45, 7) is 5.94. The zero-order valence-electron chi connectivity index (χ0n) is 15.4. The monoisotopic (exact) mass is 367 g/mol. The molecule has 0 heterocycles. The standard InChI is InChI=1S/C18H26FN3O4/c1-18(2,3)26-17(25)22-8-7-15(23)20-9-10-21-16(24)12-13-5-4-6-14(19)11-13/h4-6,11H,7-10,12H2,1-3H3,(H,20,23)(H,21,24)(H,22,25). The van der Waals surface area contributed by atoms with E-state index in [1.54, 1.807) is 32.9 Å². The Labute approximate surface area is 152 Å². The molecule has 0 spiro atoms. The fourth-order valence-electron chi connectivity index (χ4n) is 1.98. The average molecular weight is 367 g/mol. The van der Waals surface area contributed by atoms with E-state index in [0.29, 0.717) is 5.56 Å². The van der Waals surface area contributed by atoms with Gasteiger partial charge in [-0.05, 0) is 38.5 Å². The van der Waals surface area contributed by atoms with Crippen molar-refractivity contribution in [3.05, 3.63) is 35.6 Å². The van der Waals surface area contributed by atoms with Gasteiger partial charge in [0, 0.05) is 26.1 Å². The fraction of sp³-hybridized carbons (Fsp3) is 0.500. The van der Waals surface area contributed by atoms with Gasteiger partial charge in [-0.3, -0.25) is 9.59 Å². The maximum Gasteiger partial charge on any atom is 0.407 e. The van der Waals surface area contributed by atoms with Gasteiger partial charge in [0.15, 0.2) is 0 Å². The molecule has 1 rings (SSSR count). The first kappa shape index (κ1) is 21.4. The number of carbonyl (C=O) groups excluding carboxylic acids is 3. The molecule has 0 radical (unpaired) electrons. The molecule has 0 aliphatic carbocycles. The smallest absolute Gasteiger partial charge is 0.407 e. The Morgan fingerprint density at radius 1 is 1.00 bits per heavy atom. The first-order valence-electron chi connectivity index (χ1n) is 8.40. The molecular formula is C18H26FN3O4. The lowest BCUT2D eigenvalue weighted by Crippen LogP contribution is -2.37. The van der Waals surface area contributed by atoms with Crippen molar-refractivity contribution in [2.75, 3.05) is 19.6 Å². The van der Waals surface area contributed by atoms with Crippen LogP contribution in [0.3, 0.4) is 0 Å². The number of carbonyl (C=O) groups is 3. The number of nitrogens with one attached hydrogen (secondary N) is 3. The van der Waals surface area contributed by atoms with Gasteiger partial charge in [0.2, 0.25) is 11.8 Å². The van der Waals surface area contributed by atoms with Crippen LogP contribution in [0.2, 0.25) is 0 Å². The first-order valence-corrected chi connectivity index (χ1v) is 8.40. The second-order valence-corrected chi connectivity index (χ2v) is 6.69. The summed E-state index contributed by atoms with van der Waals surface area (Å²) in [5, 5.41) is 7.76. The first-order chi connectivity index (χ1) is 12.2. The molecule has 7 nitrogen and oxygen atoms in total. The molecule has 0 aliphatic heterocycles. The average Bonchev–Trinajstić information content (AvgIpc) is 2.50. The second kappa shape index (κ2) is 10.4. The Balaban J connectivity index is 2.10. The highest BCUT2D eigenvalue weighted by Gasteiger charge is 2.15. The van der Waals surface area contributed by atoms with Crippen molar-refractivity contribution in [2.45, 2.75) is 39.2 Å². The minimum Gasteiger partial charge on any atom is -0.444 e. The third-order valence-corrected chi connectivity index (χ3v) is 3.04. The van der Waals surface area contributed by atoms with Gasteiger partial charge >= 0.3 is 6.09 Å². The number of hydrogen-bond acceptors (Lipinski definition) is 4. The summed E-state index contributed by atoms with van der Waals surface area (Å²) in [6.07, 6.45) is -0.392.